The van der Waals surface area contributed by atoms with Crippen LogP contribution >= 0.6 is 11.3 Å². The van der Waals surface area contributed by atoms with Crippen LogP contribution in [-0.2, 0) is 12.8 Å². The van der Waals surface area contributed by atoms with Crippen molar-refractivity contribution < 1.29 is 0 Å². The molecule has 0 bridgehead atoms. The summed E-state index contributed by atoms with van der Waals surface area (Å²) in [5.41, 5.74) is 12.9. The van der Waals surface area contributed by atoms with Gasteiger partial charge in [0.2, 0.25) is 0 Å². The third-order valence-electron chi connectivity index (χ3n) is 10.7. The zero-order chi connectivity index (χ0) is 31.8. The Balaban J connectivity index is 1.14. The fraction of sp³-hybridized carbons (Fsp3) is 0.159. The molecule has 5 aromatic carbocycles. The zero-order valence-corrected chi connectivity index (χ0v) is 27.8. The van der Waals surface area contributed by atoms with Crippen LogP contribution < -0.4 is 4.90 Å². The first kappa shape index (κ1) is 27.9. The first-order valence-electron chi connectivity index (χ1n) is 17.1. The molecular formula is C44H35N3S. The van der Waals surface area contributed by atoms with Crippen LogP contribution in [0.3, 0.4) is 0 Å². The Morgan fingerprint density at radius 2 is 1.58 bits per heavy atom. The van der Waals surface area contributed by atoms with Gasteiger partial charge in [0, 0.05) is 45.1 Å². The molecule has 3 aliphatic rings. The minimum atomic E-state index is 0.0962. The zero-order valence-electron chi connectivity index (χ0n) is 26.9. The second-order valence-electron chi connectivity index (χ2n) is 13.4. The van der Waals surface area contributed by atoms with Crippen molar-refractivity contribution in [3.8, 4) is 11.1 Å². The Morgan fingerprint density at radius 3 is 2.50 bits per heavy atom. The van der Waals surface area contributed by atoms with Gasteiger partial charge < -0.3 is 9.47 Å². The number of aryl methyl sites for hydroxylation is 1. The molecule has 0 amide bonds. The van der Waals surface area contributed by atoms with Crippen molar-refractivity contribution in [2.24, 2.45) is 4.99 Å². The first-order valence-corrected chi connectivity index (χ1v) is 17.9. The fourth-order valence-electron chi connectivity index (χ4n) is 8.34. The molecule has 0 fully saturated rings. The van der Waals surface area contributed by atoms with E-state index in [2.05, 4.69) is 150 Å². The van der Waals surface area contributed by atoms with Crippen molar-refractivity contribution in [3.05, 3.63) is 155 Å². The summed E-state index contributed by atoms with van der Waals surface area (Å²) < 4.78 is 4.03. The van der Waals surface area contributed by atoms with E-state index in [9.17, 15) is 0 Å². The molecule has 1 unspecified atom stereocenters. The number of anilines is 1. The van der Waals surface area contributed by atoms with Gasteiger partial charge in [0.15, 0.2) is 0 Å². The molecule has 10 rings (SSSR count). The van der Waals surface area contributed by atoms with Crippen LogP contribution in [0.25, 0.3) is 49.1 Å². The third kappa shape index (κ3) is 4.29. The lowest BCUT2D eigenvalue weighted by molar-refractivity contribution is 0.549. The Labute approximate surface area is 284 Å². The summed E-state index contributed by atoms with van der Waals surface area (Å²) in [5, 5.41) is 4.13. The monoisotopic (exact) mass is 637 g/mol. The van der Waals surface area contributed by atoms with Crippen molar-refractivity contribution >= 4 is 60.7 Å². The standard InChI is InChI=1S/C44H35N3S/c1-46-38-19-7-5-13-32(38)27-42(46)47-39-23-21-31(26-35(39)43-40(47)24-22-34-33-16-6-8-20-41(33)48-44(34)43)37-18-10-17-36(45-37)30-15-9-14-29(25-30)28-11-3-2-4-12-28/h2-5,7-15,18-26,36,42H,6,16-17,27H2,1H3/t36?,42-/m0/s1. The molecule has 4 heteroatoms. The van der Waals surface area contributed by atoms with E-state index in [1.807, 2.05) is 11.3 Å². The van der Waals surface area contributed by atoms with Gasteiger partial charge in [0.25, 0.3) is 0 Å². The quantitative estimate of drug-likeness (QED) is 0.188. The van der Waals surface area contributed by atoms with E-state index in [1.165, 1.54) is 75.8 Å². The molecule has 232 valence electrons. The molecule has 7 aromatic rings. The molecule has 2 aromatic heterocycles. The highest BCUT2D eigenvalue weighted by atomic mass is 32.1. The Hall–Kier alpha value is -5.19. The number of rotatable bonds is 4. The highest BCUT2D eigenvalue weighted by Crippen LogP contribution is 2.46. The summed E-state index contributed by atoms with van der Waals surface area (Å²) in [5.74, 6) is 0. The summed E-state index contributed by atoms with van der Waals surface area (Å²) in [6.45, 7) is 0. The van der Waals surface area contributed by atoms with Crippen molar-refractivity contribution in [2.75, 3.05) is 11.9 Å². The smallest absolute Gasteiger partial charge is 0.110 e. The normalized spacial score (nSPS) is 18.5. The van der Waals surface area contributed by atoms with Gasteiger partial charge in [0.05, 0.1) is 22.8 Å². The SMILES string of the molecule is CN1c2ccccc2C[C@@H]1n1c2ccc(C3=NC(c4cccc(-c5ccccc5)c4)CC=C3)cc2c2c3sc4c(c3ccc21)CCC=C4. The van der Waals surface area contributed by atoms with Crippen molar-refractivity contribution in [1.29, 1.82) is 0 Å². The molecule has 0 saturated heterocycles. The van der Waals surface area contributed by atoms with E-state index >= 15 is 0 Å². The van der Waals surface area contributed by atoms with Crippen LogP contribution in [0.15, 0.2) is 132 Å². The van der Waals surface area contributed by atoms with Gasteiger partial charge in [0.1, 0.15) is 6.17 Å². The number of thiophene rings is 1. The predicted molar refractivity (Wildman–Crippen MR) is 205 cm³/mol. The molecule has 0 radical (unpaired) electrons. The molecule has 1 aliphatic carbocycles. The number of likely N-dealkylation sites (N-methyl/N-ethyl adjacent to an activating group) is 1. The number of aromatic nitrogens is 1. The maximum atomic E-state index is 5.39. The van der Waals surface area contributed by atoms with Crippen LogP contribution in [-0.4, -0.2) is 17.3 Å². The Bertz CT molecular complexity index is 2490. The highest BCUT2D eigenvalue weighted by molar-refractivity contribution is 7.21. The van der Waals surface area contributed by atoms with Gasteiger partial charge >= 0.3 is 0 Å². The number of dihydropyridines is 1. The van der Waals surface area contributed by atoms with E-state index < -0.39 is 0 Å². The number of para-hydroxylation sites is 1. The number of hydrogen-bond acceptors (Lipinski definition) is 3. The molecule has 48 heavy (non-hydrogen) atoms. The number of allylic oxidation sites excluding steroid dienone is 2. The fourth-order valence-corrected chi connectivity index (χ4v) is 9.68. The first-order chi connectivity index (χ1) is 23.7. The minimum Gasteiger partial charge on any atom is -0.353 e. The Kier molecular flexibility index (Phi) is 6.35. The van der Waals surface area contributed by atoms with Crippen molar-refractivity contribution in [1.82, 2.24) is 4.57 Å². The molecule has 0 spiro atoms. The van der Waals surface area contributed by atoms with E-state index in [0.29, 0.717) is 0 Å². The van der Waals surface area contributed by atoms with Gasteiger partial charge in [-0.3, -0.25) is 4.99 Å². The summed E-state index contributed by atoms with van der Waals surface area (Å²) in [6, 6.07) is 40.4. The third-order valence-corrected chi connectivity index (χ3v) is 11.9. The van der Waals surface area contributed by atoms with E-state index in [0.717, 1.165) is 31.4 Å². The molecule has 3 nitrogen and oxygen atoms in total. The van der Waals surface area contributed by atoms with Crippen molar-refractivity contribution in [3.63, 3.8) is 0 Å². The molecule has 0 N–H and O–H groups in total. The van der Waals surface area contributed by atoms with Gasteiger partial charge in [-0.15, -0.1) is 11.3 Å². The average Bonchev–Trinajstić information content (AvgIpc) is 3.80. The molecule has 0 saturated carbocycles. The highest BCUT2D eigenvalue weighted by Gasteiger charge is 2.31. The maximum absolute atomic E-state index is 5.39. The van der Waals surface area contributed by atoms with E-state index in [4.69, 9.17) is 4.99 Å². The maximum Gasteiger partial charge on any atom is 0.110 e. The van der Waals surface area contributed by atoms with Crippen LogP contribution in [0.2, 0.25) is 0 Å². The van der Waals surface area contributed by atoms with Crippen molar-refractivity contribution in [2.45, 2.75) is 37.9 Å². The largest absolute Gasteiger partial charge is 0.353 e. The number of benzene rings is 5. The summed E-state index contributed by atoms with van der Waals surface area (Å²) in [6.07, 6.45) is 13.6. The lowest BCUT2D eigenvalue weighted by Gasteiger charge is -2.26. The molecule has 2 atom stereocenters. The number of nitrogens with zero attached hydrogens (tertiary/aromatic N) is 3. The number of hydrogen-bond donors (Lipinski definition) is 0. The lowest BCUT2D eigenvalue weighted by Crippen LogP contribution is -2.25. The summed E-state index contributed by atoms with van der Waals surface area (Å²) in [4.78, 5) is 9.28. The van der Waals surface area contributed by atoms with Gasteiger partial charge in [-0.2, -0.15) is 0 Å². The van der Waals surface area contributed by atoms with Crippen LogP contribution in [0.5, 0.6) is 0 Å². The van der Waals surface area contributed by atoms with Crippen LogP contribution in [0.1, 0.15) is 52.2 Å². The Morgan fingerprint density at radius 1 is 0.729 bits per heavy atom. The van der Waals surface area contributed by atoms with Gasteiger partial charge in [-0.05, 0) is 94.9 Å². The number of fused-ring (bicyclic) bond motifs is 8. The van der Waals surface area contributed by atoms with Crippen LogP contribution in [0.4, 0.5) is 5.69 Å². The molecule has 2 aliphatic heterocycles. The minimum absolute atomic E-state index is 0.0962. The van der Waals surface area contributed by atoms with Gasteiger partial charge in [-0.25, -0.2) is 0 Å². The summed E-state index contributed by atoms with van der Waals surface area (Å²) in [7, 11) is 2.25. The second kappa shape index (κ2) is 10.9. The predicted octanol–water partition coefficient (Wildman–Crippen LogP) is 11.3. The van der Waals surface area contributed by atoms with E-state index in [-0.39, 0.29) is 12.2 Å². The number of aliphatic imine (C=N–C) groups is 1. The second-order valence-corrected chi connectivity index (χ2v) is 14.5. The average molecular weight is 638 g/mol. The van der Waals surface area contributed by atoms with Crippen LogP contribution in [0, 0.1) is 0 Å². The lowest BCUT2D eigenvalue weighted by atomic mass is 9.95. The van der Waals surface area contributed by atoms with E-state index in [1.54, 1.807) is 0 Å². The molecule has 4 heterocycles. The molecular weight excluding hydrogens is 603 g/mol. The topological polar surface area (TPSA) is 20.5 Å². The summed E-state index contributed by atoms with van der Waals surface area (Å²) >= 11 is 1.97. The van der Waals surface area contributed by atoms with Gasteiger partial charge in [-0.1, -0.05) is 91.0 Å².